The number of aromatic amines is 1. The van der Waals surface area contributed by atoms with E-state index in [0.29, 0.717) is 27.9 Å². The zero-order valence-electron chi connectivity index (χ0n) is 25.0. The van der Waals surface area contributed by atoms with Gasteiger partial charge in [0, 0.05) is 27.5 Å². The van der Waals surface area contributed by atoms with E-state index in [0.717, 1.165) is 16.3 Å². The van der Waals surface area contributed by atoms with Crippen molar-refractivity contribution >= 4 is 28.7 Å². The second-order valence-corrected chi connectivity index (χ2v) is 12.6. The number of hydrogen-bond acceptors (Lipinski definition) is 6. The summed E-state index contributed by atoms with van der Waals surface area (Å²) in [6.45, 7) is 5.15. The summed E-state index contributed by atoms with van der Waals surface area (Å²) in [7, 11) is 0. The third-order valence-electron chi connectivity index (χ3n) is 8.79. The number of benzene rings is 4. The number of hydrogen-bond donors (Lipinski definition) is 3. The normalized spacial score (nSPS) is 21.4. The first kappa shape index (κ1) is 28.3. The third-order valence-corrected chi connectivity index (χ3v) is 8.79. The molecule has 0 saturated heterocycles. The number of alkyl carbamates (subject to hydrolysis) is 1. The highest BCUT2D eigenvalue weighted by atomic mass is 16.6. The Kier molecular flexibility index (Phi) is 6.29. The molecule has 226 valence electrons. The Labute approximate surface area is 259 Å². The van der Waals surface area contributed by atoms with E-state index >= 15 is 0 Å². The van der Waals surface area contributed by atoms with Crippen LogP contribution in [0.3, 0.4) is 0 Å². The number of fused-ring (bicyclic) bond motifs is 2. The number of ether oxygens (including phenoxy) is 1. The van der Waals surface area contributed by atoms with E-state index in [-0.39, 0.29) is 17.3 Å². The van der Waals surface area contributed by atoms with Crippen LogP contribution in [0.15, 0.2) is 97.2 Å². The number of nitrogens with zero attached hydrogens (tertiary/aromatic N) is 2. The van der Waals surface area contributed by atoms with E-state index in [1.165, 1.54) is 0 Å². The van der Waals surface area contributed by atoms with Crippen molar-refractivity contribution in [1.82, 2.24) is 15.3 Å². The van der Waals surface area contributed by atoms with E-state index in [9.17, 15) is 19.7 Å². The molecular formula is C35H31N5O5. The molecule has 3 aliphatic carbocycles. The number of imidazole rings is 1. The molecule has 8 rings (SSSR count). The molecule has 1 atom stereocenters. The maximum Gasteiger partial charge on any atom is 0.408 e. The van der Waals surface area contributed by atoms with Crippen LogP contribution >= 0.6 is 0 Å². The number of nitrogens with one attached hydrogen (secondary N) is 3. The molecule has 1 aromatic heterocycles. The summed E-state index contributed by atoms with van der Waals surface area (Å²) in [4.78, 5) is 48.6. The molecule has 0 spiro atoms. The van der Waals surface area contributed by atoms with Crippen molar-refractivity contribution in [2.24, 2.45) is 0 Å². The Morgan fingerprint density at radius 3 is 2.22 bits per heavy atom. The Balaban J connectivity index is 1.36. The lowest BCUT2D eigenvalue weighted by Gasteiger charge is -2.53. The van der Waals surface area contributed by atoms with Crippen LogP contribution in [0.2, 0.25) is 0 Å². The van der Waals surface area contributed by atoms with E-state index in [4.69, 9.17) is 4.74 Å². The van der Waals surface area contributed by atoms with Crippen molar-refractivity contribution in [3.63, 3.8) is 0 Å². The molecule has 1 heterocycles. The van der Waals surface area contributed by atoms with Gasteiger partial charge in [-0.15, -0.1) is 0 Å². The second-order valence-electron chi connectivity index (χ2n) is 12.6. The number of H-pyrrole nitrogens is 1. The molecular weight excluding hydrogens is 570 g/mol. The van der Waals surface area contributed by atoms with Gasteiger partial charge in [0.2, 0.25) is 5.95 Å². The van der Waals surface area contributed by atoms with Crippen LogP contribution in [0.5, 0.6) is 0 Å². The molecule has 0 aliphatic heterocycles. The Hall–Kier alpha value is -5.51. The summed E-state index contributed by atoms with van der Waals surface area (Å²) in [5, 5.41) is 21.0. The molecule has 0 saturated carbocycles. The number of anilines is 1. The lowest BCUT2D eigenvalue weighted by molar-refractivity contribution is -0.571. The van der Waals surface area contributed by atoms with Crippen LogP contribution in [-0.2, 0) is 15.1 Å². The van der Waals surface area contributed by atoms with Crippen molar-refractivity contribution in [1.29, 1.82) is 0 Å². The maximum absolute atomic E-state index is 14.7. The van der Waals surface area contributed by atoms with Gasteiger partial charge in [-0.3, -0.25) is 20.2 Å². The maximum atomic E-state index is 14.7. The number of carbonyl (C=O) groups is 2. The quantitative estimate of drug-likeness (QED) is 0.155. The van der Waals surface area contributed by atoms with Gasteiger partial charge in [0.25, 0.3) is 11.4 Å². The molecule has 5 aromatic rings. The van der Waals surface area contributed by atoms with Gasteiger partial charge in [-0.2, -0.15) is 0 Å². The molecule has 45 heavy (non-hydrogen) atoms. The first-order chi connectivity index (χ1) is 21.5. The van der Waals surface area contributed by atoms with E-state index < -0.39 is 34.6 Å². The Morgan fingerprint density at radius 1 is 0.933 bits per heavy atom. The van der Waals surface area contributed by atoms with Crippen LogP contribution in [0.25, 0.3) is 22.0 Å². The predicted molar refractivity (Wildman–Crippen MR) is 169 cm³/mol. The highest BCUT2D eigenvalue weighted by Gasteiger charge is 2.69. The molecule has 2 amide bonds. The monoisotopic (exact) mass is 601 g/mol. The topological polar surface area (TPSA) is 139 Å². The van der Waals surface area contributed by atoms with Crippen LogP contribution in [-0.4, -0.2) is 38.0 Å². The van der Waals surface area contributed by atoms with E-state index in [1.54, 1.807) is 75.5 Å². The predicted octanol–water partition coefficient (Wildman–Crippen LogP) is 6.50. The smallest absolute Gasteiger partial charge is 0.408 e. The van der Waals surface area contributed by atoms with Gasteiger partial charge in [-0.1, -0.05) is 91.0 Å². The van der Waals surface area contributed by atoms with Crippen LogP contribution in [0.1, 0.15) is 55.4 Å². The molecule has 4 aromatic carbocycles. The molecule has 1 unspecified atom stereocenters. The molecule has 0 radical (unpaired) electrons. The minimum Gasteiger partial charge on any atom is -0.444 e. The van der Waals surface area contributed by atoms with Crippen molar-refractivity contribution in [3.8, 4) is 11.3 Å². The van der Waals surface area contributed by atoms with Crippen LogP contribution in [0.4, 0.5) is 10.7 Å². The zero-order chi connectivity index (χ0) is 31.6. The summed E-state index contributed by atoms with van der Waals surface area (Å²) in [5.41, 5.74) is -0.694. The van der Waals surface area contributed by atoms with Crippen LogP contribution in [0, 0.1) is 10.1 Å². The van der Waals surface area contributed by atoms with E-state index in [2.05, 4.69) is 20.6 Å². The van der Waals surface area contributed by atoms with Crippen molar-refractivity contribution in [3.05, 3.63) is 130 Å². The first-order valence-corrected chi connectivity index (χ1v) is 14.7. The number of rotatable bonds is 5. The van der Waals surface area contributed by atoms with Gasteiger partial charge in [0.15, 0.2) is 0 Å². The third kappa shape index (κ3) is 4.35. The van der Waals surface area contributed by atoms with Gasteiger partial charge in [-0.05, 0) is 42.7 Å². The van der Waals surface area contributed by atoms with E-state index in [1.807, 2.05) is 42.5 Å². The average Bonchev–Trinajstić information content (AvgIpc) is 3.48. The fourth-order valence-corrected chi connectivity index (χ4v) is 7.12. The zero-order valence-corrected chi connectivity index (χ0v) is 25.0. The Bertz CT molecular complexity index is 1960. The van der Waals surface area contributed by atoms with Gasteiger partial charge >= 0.3 is 6.09 Å². The molecule has 10 heteroatoms. The van der Waals surface area contributed by atoms with Gasteiger partial charge in [0.1, 0.15) is 11.1 Å². The fourth-order valence-electron chi connectivity index (χ4n) is 7.12. The van der Waals surface area contributed by atoms with Crippen molar-refractivity contribution in [2.75, 3.05) is 5.32 Å². The number of aromatic nitrogens is 2. The molecule has 3 N–H and O–H groups in total. The molecule has 2 bridgehead atoms. The highest BCUT2D eigenvalue weighted by Crippen LogP contribution is 2.60. The lowest BCUT2D eigenvalue weighted by atomic mass is 9.52. The minimum absolute atomic E-state index is 0.145. The van der Waals surface area contributed by atoms with Crippen molar-refractivity contribution in [2.45, 2.75) is 49.8 Å². The largest absolute Gasteiger partial charge is 0.444 e. The lowest BCUT2D eigenvalue weighted by Crippen LogP contribution is -2.69. The molecule has 0 fully saturated rings. The first-order valence-electron chi connectivity index (χ1n) is 14.7. The molecule has 3 aliphatic rings. The van der Waals surface area contributed by atoms with Gasteiger partial charge in [-0.25, -0.2) is 9.78 Å². The second kappa shape index (κ2) is 10.0. The standard InChI is InChI=1S/C35H31N5O5/c1-33(2,3)45-32(42)39-34(30(41)38-31-36-19-28(37-31)23-16-10-12-21-11-4-5-13-22(21)23)20-35(40(43)44)26-17-8-6-14-24(26)29(34)25-15-7-9-18-27(25)35/h4-19,29H,20H2,1-3H3,(H,39,42)(H2,36,37,38,41). The average molecular weight is 602 g/mol. The van der Waals surface area contributed by atoms with Gasteiger partial charge in [0.05, 0.1) is 18.3 Å². The van der Waals surface area contributed by atoms with Crippen molar-refractivity contribution < 1.29 is 19.2 Å². The number of carbonyl (C=O) groups excluding carboxylic acids is 2. The summed E-state index contributed by atoms with van der Waals surface area (Å²) in [6.07, 6.45) is 0.448. The summed E-state index contributed by atoms with van der Waals surface area (Å²) < 4.78 is 5.62. The number of amides is 2. The fraction of sp³-hybridized carbons (Fsp3) is 0.229. The highest BCUT2D eigenvalue weighted by molar-refractivity contribution is 6.02. The summed E-state index contributed by atoms with van der Waals surface area (Å²) in [5.74, 6) is -1.24. The molecule has 10 nitrogen and oxygen atoms in total. The number of nitro groups is 1. The summed E-state index contributed by atoms with van der Waals surface area (Å²) >= 11 is 0. The van der Waals surface area contributed by atoms with Gasteiger partial charge < -0.3 is 15.0 Å². The Morgan fingerprint density at radius 2 is 1.56 bits per heavy atom. The summed E-state index contributed by atoms with van der Waals surface area (Å²) in [6, 6.07) is 28.0. The van der Waals surface area contributed by atoms with Crippen LogP contribution < -0.4 is 10.6 Å². The SMILES string of the molecule is CC(C)(C)OC(=O)NC1(C(=O)Nc2ncc(-c3cccc4ccccc34)[nH]2)CC2([N+](=O)[O-])c3ccccc3C1c1ccccc12. The minimum atomic E-state index is -1.80.